The number of rotatable bonds is 2. The molecule has 3 aliphatic rings. The van der Waals surface area contributed by atoms with Gasteiger partial charge in [0.25, 0.3) is 0 Å². The molecule has 5 rings (SSSR count). The lowest BCUT2D eigenvalue weighted by Crippen LogP contribution is -2.50. The Hall–Kier alpha value is -1.88. The average molecular weight is 383 g/mol. The van der Waals surface area contributed by atoms with Crippen LogP contribution in [-0.4, -0.2) is 17.1 Å². The zero-order valence-corrected chi connectivity index (χ0v) is 16.9. The van der Waals surface area contributed by atoms with Crippen LogP contribution in [0.15, 0.2) is 30.3 Å². The van der Waals surface area contributed by atoms with Gasteiger partial charge in [-0.3, -0.25) is 4.79 Å². The smallest absolute Gasteiger partial charge is 0.309 e. The minimum absolute atomic E-state index is 0.00282. The summed E-state index contributed by atoms with van der Waals surface area (Å²) in [5, 5.41) is 4.42. The molecule has 2 fully saturated rings. The number of fused-ring (bicyclic) bond motifs is 4. The van der Waals surface area contributed by atoms with Crippen molar-refractivity contribution < 1.29 is 9.53 Å². The molecule has 27 heavy (non-hydrogen) atoms. The molecule has 1 saturated carbocycles. The maximum absolute atomic E-state index is 12.2. The predicted octanol–water partition coefficient (Wildman–Crippen LogP) is 5.14. The number of thiazole rings is 1. The van der Waals surface area contributed by atoms with E-state index in [-0.39, 0.29) is 23.4 Å². The third-order valence-corrected chi connectivity index (χ3v) is 8.17. The minimum atomic E-state index is -0.00282. The fourth-order valence-electron chi connectivity index (χ4n) is 5.78. The van der Waals surface area contributed by atoms with Crippen molar-refractivity contribution in [2.45, 2.75) is 52.1 Å². The number of para-hydroxylation sites is 1. The molecule has 2 heterocycles. The number of carbonyl (C=O) groups is 1. The first-order chi connectivity index (χ1) is 13.0. The van der Waals surface area contributed by atoms with Crippen LogP contribution in [0.3, 0.4) is 0 Å². The fraction of sp³-hybridized carbons (Fsp3) is 0.545. The molecule has 0 amide bonds. The van der Waals surface area contributed by atoms with Crippen molar-refractivity contribution >= 4 is 28.1 Å². The van der Waals surface area contributed by atoms with E-state index in [0.29, 0.717) is 17.8 Å². The van der Waals surface area contributed by atoms with Crippen molar-refractivity contribution in [2.24, 2.45) is 23.2 Å². The highest BCUT2D eigenvalue weighted by Gasteiger charge is 2.58. The topological polar surface area (TPSA) is 51.2 Å². The van der Waals surface area contributed by atoms with Crippen LogP contribution in [-0.2, 0) is 16.0 Å². The van der Waals surface area contributed by atoms with E-state index in [0.717, 1.165) is 23.7 Å². The Morgan fingerprint density at radius 2 is 2.00 bits per heavy atom. The van der Waals surface area contributed by atoms with E-state index in [2.05, 4.69) is 31.3 Å². The SMILES string of the molecule is C[C@@H]1C(=O)O[C@@H]2[C@H]1CC[C@]1(C)Cc3sc(Nc4ccccc4)nc3[C@H](C)[C@H]21. The molecule has 1 aliphatic heterocycles. The molecule has 1 N–H and O–H groups in total. The number of hydrogen-bond acceptors (Lipinski definition) is 5. The highest BCUT2D eigenvalue weighted by Crippen LogP contribution is 2.59. The summed E-state index contributed by atoms with van der Waals surface area (Å²) in [6, 6.07) is 10.2. The van der Waals surface area contributed by atoms with Gasteiger partial charge in [-0.2, -0.15) is 0 Å². The summed E-state index contributed by atoms with van der Waals surface area (Å²) in [4.78, 5) is 18.6. The van der Waals surface area contributed by atoms with Gasteiger partial charge in [0.2, 0.25) is 0 Å². The van der Waals surface area contributed by atoms with Crippen LogP contribution >= 0.6 is 11.3 Å². The Morgan fingerprint density at radius 3 is 2.78 bits per heavy atom. The number of nitrogens with zero attached hydrogens (tertiary/aromatic N) is 1. The first-order valence-corrected chi connectivity index (χ1v) is 10.8. The molecule has 0 radical (unpaired) electrons. The second-order valence-corrected chi connectivity index (χ2v) is 9.94. The number of anilines is 2. The molecular formula is C22H26N2O2S. The fourth-order valence-corrected chi connectivity index (χ4v) is 7.06. The Kier molecular flexibility index (Phi) is 3.87. The molecule has 2 aromatic rings. The lowest BCUT2D eigenvalue weighted by atomic mass is 9.54. The van der Waals surface area contributed by atoms with Gasteiger partial charge in [0, 0.05) is 28.3 Å². The van der Waals surface area contributed by atoms with E-state index in [4.69, 9.17) is 9.72 Å². The van der Waals surface area contributed by atoms with Gasteiger partial charge in [0.15, 0.2) is 5.13 Å². The lowest BCUT2D eigenvalue weighted by Gasteiger charge is -2.51. The summed E-state index contributed by atoms with van der Waals surface area (Å²) in [7, 11) is 0. The van der Waals surface area contributed by atoms with Crippen LogP contribution in [0.5, 0.6) is 0 Å². The number of hydrogen-bond donors (Lipinski definition) is 1. The molecule has 5 heteroatoms. The van der Waals surface area contributed by atoms with Crippen molar-refractivity contribution in [3.05, 3.63) is 40.9 Å². The van der Waals surface area contributed by atoms with Crippen molar-refractivity contribution in [1.82, 2.24) is 4.98 Å². The molecule has 1 aromatic heterocycles. The normalized spacial score (nSPS) is 37.1. The van der Waals surface area contributed by atoms with E-state index in [1.54, 1.807) is 11.3 Å². The second kappa shape index (κ2) is 6.06. The first kappa shape index (κ1) is 17.2. The average Bonchev–Trinajstić information content (AvgIpc) is 3.16. The number of carbonyl (C=O) groups excluding carboxylic acids is 1. The Morgan fingerprint density at radius 1 is 1.22 bits per heavy atom. The summed E-state index contributed by atoms with van der Waals surface area (Å²) in [6.07, 6.45) is 3.37. The van der Waals surface area contributed by atoms with Gasteiger partial charge in [-0.05, 0) is 36.8 Å². The molecule has 1 saturated heterocycles. The van der Waals surface area contributed by atoms with Crippen LogP contribution in [0.2, 0.25) is 0 Å². The van der Waals surface area contributed by atoms with Crippen LogP contribution in [0.1, 0.15) is 50.1 Å². The Bertz CT molecular complexity index is 880. The monoisotopic (exact) mass is 382 g/mol. The molecule has 4 nitrogen and oxygen atoms in total. The van der Waals surface area contributed by atoms with Crippen molar-refractivity contribution in [1.29, 1.82) is 0 Å². The third-order valence-electron chi connectivity index (χ3n) is 7.18. The number of aromatic nitrogens is 1. The molecular weight excluding hydrogens is 356 g/mol. The number of benzene rings is 1. The van der Waals surface area contributed by atoms with Crippen molar-refractivity contribution in [3.63, 3.8) is 0 Å². The van der Waals surface area contributed by atoms with Crippen LogP contribution in [0, 0.1) is 23.2 Å². The largest absolute Gasteiger partial charge is 0.461 e. The Balaban J connectivity index is 1.48. The maximum atomic E-state index is 12.2. The predicted molar refractivity (Wildman–Crippen MR) is 107 cm³/mol. The van der Waals surface area contributed by atoms with Gasteiger partial charge >= 0.3 is 5.97 Å². The van der Waals surface area contributed by atoms with E-state index < -0.39 is 0 Å². The van der Waals surface area contributed by atoms with Gasteiger partial charge in [-0.1, -0.05) is 39.0 Å². The molecule has 142 valence electrons. The zero-order chi connectivity index (χ0) is 18.8. The molecule has 1 aromatic carbocycles. The molecule has 0 spiro atoms. The zero-order valence-electron chi connectivity index (χ0n) is 16.1. The van der Waals surface area contributed by atoms with E-state index in [9.17, 15) is 4.79 Å². The van der Waals surface area contributed by atoms with Crippen LogP contribution in [0.25, 0.3) is 0 Å². The third kappa shape index (κ3) is 2.62. The summed E-state index contributed by atoms with van der Waals surface area (Å²) >= 11 is 1.78. The highest BCUT2D eigenvalue weighted by atomic mass is 32.1. The number of nitrogens with one attached hydrogen (secondary N) is 1. The summed E-state index contributed by atoms with van der Waals surface area (Å²) in [6.45, 7) is 6.72. The summed E-state index contributed by atoms with van der Waals surface area (Å²) in [5.74, 6) is 1.09. The molecule has 0 bridgehead atoms. The van der Waals surface area contributed by atoms with Crippen LogP contribution < -0.4 is 5.32 Å². The van der Waals surface area contributed by atoms with Gasteiger partial charge in [0.1, 0.15) is 6.10 Å². The van der Waals surface area contributed by atoms with Gasteiger partial charge in [0.05, 0.1) is 11.6 Å². The van der Waals surface area contributed by atoms with Gasteiger partial charge in [-0.25, -0.2) is 4.98 Å². The van der Waals surface area contributed by atoms with Crippen molar-refractivity contribution in [2.75, 3.05) is 5.32 Å². The molecule has 2 aliphatic carbocycles. The van der Waals surface area contributed by atoms with Crippen LogP contribution in [0.4, 0.5) is 10.8 Å². The number of ether oxygens (including phenoxy) is 1. The molecule has 6 atom stereocenters. The van der Waals surface area contributed by atoms with E-state index >= 15 is 0 Å². The second-order valence-electron chi connectivity index (χ2n) is 8.86. The minimum Gasteiger partial charge on any atom is -0.461 e. The van der Waals surface area contributed by atoms with Crippen molar-refractivity contribution in [3.8, 4) is 0 Å². The Labute approximate surface area is 164 Å². The first-order valence-electron chi connectivity index (χ1n) is 9.98. The van der Waals surface area contributed by atoms with Gasteiger partial charge in [-0.15, -0.1) is 11.3 Å². The van der Waals surface area contributed by atoms with E-state index in [1.165, 1.54) is 17.0 Å². The quantitative estimate of drug-likeness (QED) is 0.731. The summed E-state index contributed by atoms with van der Waals surface area (Å²) < 4.78 is 5.92. The highest BCUT2D eigenvalue weighted by molar-refractivity contribution is 7.15. The maximum Gasteiger partial charge on any atom is 0.309 e. The standard InChI is InChI=1S/C22H26N2O2S/c1-12-15-9-10-22(3)11-16-18(13(2)17(22)19(15)26-20(12)25)24-21(27-16)23-14-7-5-4-6-8-14/h4-8,12-13,15,17,19H,9-11H2,1-3H3,(H,23,24)/t12-,13+,15-,17+,19+,22+/m0/s1. The number of esters is 1. The van der Waals surface area contributed by atoms with E-state index in [1.807, 2.05) is 25.1 Å². The lowest BCUT2D eigenvalue weighted by molar-refractivity contribution is -0.149. The van der Waals surface area contributed by atoms with Gasteiger partial charge < -0.3 is 10.1 Å². The summed E-state index contributed by atoms with van der Waals surface area (Å²) in [5.41, 5.74) is 2.46. The molecule has 0 unspecified atom stereocenters.